The average molecular weight is 274 g/mol. The van der Waals surface area contributed by atoms with Crippen molar-refractivity contribution in [2.45, 2.75) is 31.8 Å². The van der Waals surface area contributed by atoms with Crippen molar-refractivity contribution in [2.24, 2.45) is 5.92 Å². The van der Waals surface area contributed by atoms with Gasteiger partial charge in [-0.15, -0.1) is 0 Å². The summed E-state index contributed by atoms with van der Waals surface area (Å²) in [7, 11) is 0. The number of benzene rings is 1. The van der Waals surface area contributed by atoms with Gasteiger partial charge in [-0.1, -0.05) is 24.3 Å². The Bertz CT molecular complexity index is 489. The molecule has 4 heteroatoms. The van der Waals surface area contributed by atoms with Crippen LogP contribution >= 0.6 is 0 Å². The van der Waals surface area contributed by atoms with Gasteiger partial charge in [0.1, 0.15) is 0 Å². The van der Waals surface area contributed by atoms with E-state index in [9.17, 15) is 9.90 Å². The summed E-state index contributed by atoms with van der Waals surface area (Å²) in [6, 6.07) is 8.20. The third kappa shape index (κ3) is 2.72. The van der Waals surface area contributed by atoms with E-state index in [1.54, 1.807) is 0 Å². The van der Waals surface area contributed by atoms with Crippen LogP contribution in [0.4, 0.5) is 0 Å². The summed E-state index contributed by atoms with van der Waals surface area (Å²) in [6.45, 7) is 2.48. The second-order valence-corrected chi connectivity index (χ2v) is 5.88. The second-order valence-electron chi connectivity index (χ2n) is 5.88. The van der Waals surface area contributed by atoms with Crippen molar-refractivity contribution in [3.05, 3.63) is 35.4 Å². The molecular weight excluding hydrogens is 252 g/mol. The minimum Gasteiger partial charge on any atom is -0.396 e. The van der Waals surface area contributed by atoms with Crippen molar-refractivity contribution < 1.29 is 9.90 Å². The Morgan fingerprint density at radius 3 is 2.95 bits per heavy atom. The third-order valence-electron chi connectivity index (χ3n) is 4.47. The summed E-state index contributed by atoms with van der Waals surface area (Å²) < 4.78 is 0. The molecular formula is C16H22N2O2. The molecule has 0 aliphatic carbocycles. The van der Waals surface area contributed by atoms with Gasteiger partial charge in [0.2, 0.25) is 5.91 Å². The zero-order valence-electron chi connectivity index (χ0n) is 11.7. The minimum atomic E-state index is -0.109. The Kier molecular flexibility index (Phi) is 4.03. The van der Waals surface area contributed by atoms with Crippen molar-refractivity contribution in [3.8, 4) is 0 Å². The normalized spacial score (nSPS) is 26.1. The van der Waals surface area contributed by atoms with Gasteiger partial charge in [0, 0.05) is 26.2 Å². The summed E-state index contributed by atoms with van der Waals surface area (Å²) in [6.07, 6.45) is 2.80. The summed E-state index contributed by atoms with van der Waals surface area (Å²) in [5.41, 5.74) is 2.57. The number of hydrogen-bond donors (Lipinski definition) is 2. The maximum atomic E-state index is 12.6. The molecule has 0 saturated carbocycles. The van der Waals surface area contributed by atoms with Crippen LogP contribution in [-0.2, 0) is 17.8 Å². The standard InChI is InChI=1S/C16H22N2O2/c19-11-12-4-3-7-18(10-12)16(20)15-8-13-5-1-2-6-14(13)9-17-15/h1-2,5-6,12,15,17,19H,3-4,7-11H2/t12?,15-/m0/s1. The van der Waals surface area contributed by atoms with Crippen LogP contribution in [0.15, 0.2) is 24.3 Å². The second kappa shape index (κ2) is 5.94. The van der Waals surface area contributed by atoms with Crippen molar-refractivity contribution in [3.63, 3.8) is 0 Å². The predicted octanol–water partition coefficient (Wildman–Crippen LogP) is 0.932. The number of amides is 1. The molecule has 0 bridgehead atoms. The summed E-state index contributed by atoms with van der Waals surface area (Å²) in [5, 5.41) is 12.6. The molecule has 0 aromatic heterocycles. The molecule has 4 nitrogen and oxygen atoms in total. The molecule has 0 spiro atoms. The van der Waals surface area contributed by atoms with Crippen LogP contribution in [0.1, 0.15) is 24.0 Å². The molecule has 108 valence electrons. The highest BCUT2D eigenvalue weighted by Gasteiger charge is 2.30. The third-order valence-corrected chi connectivity index (χ3v) is 4.47. The van der Waals surface area contributed by atoms with Crippen LogP contribution in [0, 0.1) is 5.92 Å². The van der Waals surface area contributed by atoms with Gasteiger partial charge in [0.05, 0.1) is 6.04 Å². The number of carbonyl (C=O) groups excluding carboxylic acids is 1. The van der Waals surface area contributed by atoms with E-state index >= 15 is 0 Å². The lowest BCUT2D eigenvalue weighted by molar-refractivity contribution is -0.135. The van der Waals surface area contributed by atoms with Crippen LogP contribution in [0.3, 0.4) is 0 Å². The van der Waals surface area contributed by atoms with Gasteiger partial charge in [-0.25, -0.2) is 0 Å². The molecule has 2 atom stereocenters. The Labute approximate surface area is 119 Å². The maximum Gasteiger partial charge on any atom is 0.240 e. The fourth-order valence-electron chi connectivity index (χ4n) is 3.26. The minimum absolute atomic E-state index is 0.109. The fourth-order valence-corrected chi connectivity index (χ4v) is 3.26. The molecule has 1 aromatic rings. The number of likely N-dealkylation sites (tertiary alicyclic amines) is 1. The number of aliphatic hydroxyl groups is 1. The smallest absolute Gasteiger partial charge is 0.240 e. The van der Waals surface area contributed by atoms with Gasteiger partial charge >= 0.3 is 0 Å². The molecule has 2 N–H and O–H groups in total. The van der Waals surface area contributed by atoms with E-state index in [4.69, 9.17) is 0 Å². The van der Waals surface area contributed by atoms with Crippen molar-refractivity contribution in [1.29, 1.82) is 0 Å². The van der Waals surface area contributed by atoms with E-state index in [1.807, 2.05) is 17.0 Å². The molecule has 1 unspecified atom stereocenters. The Morgan fingerprint density at radius 1 is 1.35 bits per heavy atom. The number of aliphatic hydroxyl groups excluding tert-OH is 1. The average Bonchev–Trinajstić information content (AvgIpc) is 2.53. The first kappa shape index (κ1) is 13.6. The topological polar surface area (TPSA) is 52.6 Å². The number of carbonyl (C=O) groups is 1. The highest BCUT2D eigenvalue weighted by Crippen LogP contribution is 2.20. The first-order chi connectivity index (χ1) is 9.78. The Morgan fingerprint density at radius 2 is 2.15 bits per heavy atom. The van der Waals surface area contributed by atoms with Gasteiger partial charge in [-0.3, -0.25) is 4.79 Å². The number of rotatable bonds is 2. The highest BCUT2D eigenvalue weighted by molar-refractivity contribution is 5.82. The molecule has 0 radical (unpaired) electrons. The monoisotopic (exact) mass is 274 g/mol. The van der Waals surface area contributed by atoms with Gasteiger partial charge in [0.25, 0.3) is 0 Å². The number of fused-ring (bicyclic) bond motifs is 1. The van der Waals surface area contributed by atoms with Crippen LogP contribution < -0.4 is 5.32 Å². The van der Waals surface area contributed by atoms with Gasteiger partial charge in [-0.05, 0) is 36.3 Å². The van der Waals surface area contributed by atoms with Gasteiger partial charge in [-0.2, -0.15) is 0 Å². The lowest BCUT2D eigenvalue weighted by atomic mass is 9.93. The number of nitrogens with zero attached hydrogens (tertiary/aromatic N) is 1. The molecule has 1 aromatic carbocycles. The summed E-state index contributed by atoms with van der Waals surface area (Å²) in [4.78, 5) is 14.5. The van der Waals surface area contributed by atoms with Crippen LogP contribution in [0.5, 0.6) is 0 Å². The van der Waals surface area contributed by atoms with E-state index in [0.29, 0.717) is 6.54 Å². The molecule has 2 aliphatic rings. The maximum absolute atomic E-state index is 12.6. The zero-order valence-corrected chi connectivity index (χ0v) is 11.7. The van der Waals surface area contributed by atoms with Crippen LogP contribution in [0.2, 0.25) is 0 Å². The van der Waals surface area contributed by atoms with Crippen molar-refractivity contribution in [1.82, 2.24) is 10.2 Å². The van der Waals surface area contributed by atoms with Crippen LogP contribution in [0.25, 0.3) is 0 Å². The first-order valence-corrected chi connectivity index (χ1v) is 7.47. The van der Waals surface area contributed by atoms with Crippen molar-refractivity contribution >= 4 is 5.91 Å². The summed E-state index contributed by atoms with van der Waals surface area (Å²) in [5.74, 6) is 0.446. The molecule has 20 heavy (non-hydrogen) atoms. The van der Waals surface area contributed by atoms with E-state index in [0.717, 1.165) is 32.4 Å². The quantitative estimate of drug-likeness (QED) is 0.843. The predicted molar refractivity (Wildman–Crippen MR) is 77.2 cm³/mol. The van der Waals surface area contributed by atoms with Crippen molar-refractivity contribution in [2.75, 3.05) is 19.7 Å². The number of hydrogen-bond acceptors (Lipinski definition) is 3. The molecule has 2 aliphatic heterocycles. The van der Waals surface area contributed by atoms with E-state index < -0.39 is 0 Å². The van der Waals surface area contributed by atoms with E-state index in [-0.39, 0.29) is 24.5 Å². The van der Waals surface area contributed by atoms with E-state index in [1.165, 1.54) is 11.1 Å². The van der Waals surface area contributed by atoms with E-state index in [2.05, 4.69) is 17.4 Å². The molecule has 1 amide bonds. The number of nitrogens with one attached hydrogen (secondary N) is 1. The molecule has 2 heterocycles. The Balaban J connectivity index is 1.67. The first-order valence-electron chi connectivity index (χ1n) is 7.47. The fraction of sp³-hybridized carbons (Fsp3) is 0.562. The number of piperidine rings is 1. The highest BCUT2D eigenvalue weighted by atomic mass is 16.3. The van der Waals surface area contributed by atoms with Crippen LogP contribution in [-0.4, -0.2) is 41.7 Å². The van der Waals surface area contributed by atoms with Gasteiger partial charge < -0.3 is 15.3 Å². The summed E-state index contributed by atoms with van der Waals surface area (Å²) >= 11 is 0. The Hall–Kier alpha value is -1.39. The molecule has 1 saturated heterocycles. The largest absolute Gasteiger partial charge is 0.396 e. The molecule has 3 rings (SSSR count). The molecule has 1 fully saturated rings. The lowest BCUT2D eigenvalue weighted by Crippen LogP contribution is -2.52. The zero-order chi connectivity index (χ0) is 13.9. The SMILES string of the molecule is O=C([C@@H]1Cc2ccccc2CN1)N1CCCC(CO)C1. The van der Waals surface area contributed by atoms with Gasteiger partial charge in [0.15, 0.2) is 0 Å². The lowest BCUT2D eigenvalue weighted by Gasteiger charge is -2.36.